The van der Waals surface area contributed by atoms with E-state index in [0.29, 0.717) is 18.8 Å². The van der Waals surface area contributed by atoms with E-state index in [4.69, 9.17) is 4.99 Å². The fourth-order valence-corrected chi connectivity index (χ4v) is 6.60. The first-order valence-electron chi connectivity index (χ1n) is 19.3. The average Bonchev–Trinajstić information content (AvgIpc) is 3.27. The number of benzene rings is 6. The number of anilines is 2. The highest BCUT2D eigenvalue weighted by Gasteiger charge is 2.17. The maximum atomic E-state index is 5.11. The molecule has 6 aromatic carbocycles. The van der Waals surface area contributed by atoms with E-state index in [9.17, 15) is 0 Å². The van der Waals surface area contributed by atoms with Gasteiger partial charge in [-0.15, -0.1) is 0 Å². The Bertz CT molecular complexity index is 2330. The molecule has 6 aromatic rings. The molecule has 0 amide bonds. The monoisotopic (exact) mass is 731 g/mol. The van der Waals surface area contributed by atoms with Gasteiger partial charge in [0.2, 0.25) is 0 Å². The van der Waals surface area contributed by atoms with Gasteiger partial charge >= 0.3 is 0 Å². The van der Waals surface area contributed by atoms with E-state index in [-0.39, 0.29) is 0 Å². The predicted molar refractivity (Wildman–Crippen MR) is 246 cm³/mol. The second kappa shape index (κ2) is 20.2. The molecule has 0 fully saturated rings. The highest BCUT2D eigenvalue weighted by molar-refractivity contribution is 6.04. The van der Waals surface area contributed by atoms with E-state index in [0.717, 1.165) is 39.3 Å². The van der Waals surface area contributed by atoms with Crippen molar-refractivity contribution in [1.29, 1.82) is 0 Å². The lowest BCUT2D eigenvalue weighted by molar-refractivity contribution is 1.03. The summed E-state index contributed by atoms with van der Waals surface area (Å²) in [6.45, 7) is 23.5. The molecule has 0 aromatic heterocycles. The molecule has 0 aliphatic carbocycles. The molecule has 6 rings (SSSR count). The number of rotatable bonds is 13. The molecule has 0 aliphatic heterocycles. The molecule has 0 saturated carbocycles. The first kappa shape index (κ1) is 40.6. The molecule has 0 saturated heterocycles. The topological polar surface area (TPSA) is 28.0 Å². The van der Waals surface area contributed by atoms with Crippen LogP contribution in [0.2, 0.25) is 0 Å². The SMILES string of the molecule is C=CC(=C)c1ccccc1N(C/C(C)=C(\C)c1ccccc1C)c1ccc(/C(=C/Cc2ccc(-c3ccccc3)cc2)N=C(N=C)c2ccccc2)cc1.CC. The van der Waals surface area contributed by atoms with E-state index in [1.54, 1.807) is 0 Å². The summed E-state index contributed by atoms with van der Waals surface area (Å²) in [4.78, 5) is 11.8. The number of hydrogen-bond acceptors (Lipinski definition) is 2. The highest BCUT2D eigenvalue weighted by Crippen LogP contribution is 2.35. The standard InChI is InChI=1S/C51H47N3.C2H6/c1-7-37(2)48-24-16-17-25-50(48)54(36-39(4)40(5)47-23-15-14-18-38(47)3)46-33-31-44(32-34-46)49(53-51(52-6)45-21-12-9-13-22-45)35-28-41-26-29-43(30-27-41)42-19-10-8-11-20-42;1-2/h7-27,29-35H,1-2,6,28,36H2,3-5H3;1-2H3/b40-39+,49-35-,53-51?;. The zero-order valence-electron chi connectivity index (χ0n) is 33.5. The van der Waals surface area contributed by atoms with E-state index < -0.39 is 0 Å². The number of para-hydroxylation sites is 1. The minimum Gasteiger partial charge on any atom is -0.337 e. The van der Waals surface area contributed by atoms with Crippen LogP contribution in [0.15, 0.2) is 199 Å². The molecule has 0 heterocycles. The number of aliphatic imine (C=N–C) groups is 2. The molecule has 0 radical (unpaired) electrons. The van der Waals surface area contributed by atoms with Gasteiger partial charge in [-0.3, -0.25) is 0 Å². The van der Waals surface area contributed by atoms with Gasteiger partial charge in [-0.05, 0) is 91.1 Å². The minimum absolute atomic E-state index is 0.580. The smallest absolute Gasteiger partial charge is 0.159 e. The molecular weight excluding hydrogens is 679 g/mol. The maximum absolute atomic E-state index is 5.11. The second-order valence-corrected chi connectivity index (χ2v) is 13.4. The summed E-state index contributed by atoms with van der Waals surface area (Å²) in [5, 5.41) is 0. The number of aryl methyl sites for hydroxylation is 1. The van der Waals surface area contributed by atoms with Crippen LogP contribution in [0.5, 0.6) is 0 Å². The Morgan fingerprint density at radius 2 is 1.21 bits per heavy atom. The molecule has 0 N–H and O–H groups in total. The van der Waals surface area contributed by atoms with Crippen LogP contribution in [-0.2, 0) is 6.42 Å². The van der Waals surface area contributed by atoms with E-state index in [1.165, 1.54) is 39.0 Å². The van der Waals surface area contributed by atoms with E-state index in [1.807, 2.05) is 56.3 Å². The van der Waals surface area contributed by atoms with E-state index in [2.05, 4.69) is 178 Å². The molecule has 56 heavy (non-hydrogen) atoms. The van der Waals surface area contributed by atoms with Crippen LogP contribution in [0.4, 0.5) is 11.4 Å². The Kier molecular flexibility index (Phi) is 14.6. The summed E-state index contributed by atoms with van der Waals surface area (Å²) >= 11 is 0. The quantitative estimate of drug-likeness (QED) is 0.0660. The summed E-state index contributed by atoms with van der Waals surface area (Å²) in [6.07, 6.45) is 4.71. The fourth-order valence-electron chi connectivity index (χ4n) is 6.60. The third-order valence-corrected chi connectivity index (χ3v) is 9.85. The molecule has 280 valence electrons. The molecule has 3 heteroatoms. The zero-order chi connectivity index (χ0) is 39.9. The van der Waals surface area contributed by atoms with Gasteiger partial charge in [-0.2, -0.15) is 0 Å². The Balaban J connectivity index is 0.00000295. The number of hydrogen-bond donors (Lipinski definition) is 0. The van der Waals surface area contributed by atoms with Crippen LogP contribution in [0.25, 0.3) is 28.0 Å². The van der Waals surface area contributed by atoms with Crippen LogP contribution in [0, 0.1) is 6.92 Å². The normalized spacial score (nSPS) is 11.8. The highest BCUT2D eigenvalue weighted by atomic mass is 15.1. The summed E-state index contributed by atoms with van der Waals surface area (Å²) in [6, 6.07) is 54.9. The summed E-state index contributed by atoms with van der Waals surface area (Å²) in [5.74, 6) is 0.580. The van der Waals surface area contributed by atoms with Gasteiger partial charge in [-0.25, -0.2) is 9.98 Å². The summed E-state index contributed by atoms with van der Waals surface area (Å²) < 4.78 is 0. The summed E-state index contributed by atoms with van der Waals surface area (Å²) in [5.41, 5.74) is 15.5. The van der Waals surface area contributed by atoms with Gasteiger partial charge in [0.05, 0.1) is 5.70 Å². The zero-order valence-corrected chi connectivity index (χ0v) is 33.5. The van der Waals surface area contributed by atoms with Gasteiger partial charge in [-0.1, -0.05) is 184 Å². The fraction of sp³-hybridized carbons (Fsp3) is 0.132. The van der Waals surface area contributed by atoms with E-state index >= 15 is 0 Å². The average molecular weight is 732 g/mol. The molecule has 3 nitrogen and oxygen atoms in total. The Morgan fingerprint density at radius 3 is 1.84 bits per heavy atom. The molecule has 0 bridgehead atoms. The maximum Gasteiger partial charge on any atom is 0.159 e. The van der Waals surface area contributed by atoms with Crippen molar-refractivity contribution < 1.29 is 0 Å². The lowest BCUT2D eigenvalue weighted by Gasteiger charge is -2.29. The van der Waals surface area contributed by atoms with Gasteiger partial charge < -0.3 is 4.90 Å². The van der Waals surface area contributed by atoms with Gasteiger partial charge in [0.15, 0.2) is 5.84 Å². The van der Waals surface area contributed by atoms with Crippen LogP contribution in [0.3, 0.4) is 0 Å². The Morgan fingerprint density at radius 1 is 0.643 bits per heavy atom. The third-order valence-electron chi connectivity index (χ3n) is 9.85. The first-order valence-corrected chi connectivity index (χ1v) is 19.3. The predicted octanol–water partition coefficient (Wildman–Crippen LogP) is 14.3. The Hall–Kier alpha value is -6.58. The van der Waals surface area contributed by atoms with Gasteiger partial charge in [0.1, 0.15) is 0 Å². The van der Waals surface area contributed by atoms with Crippen molar-refractivity contribution >= 4 is 40.8 Å². The lowest BCUT2D eigenvalue weighted by atomic mass is 9.97. The van der Waals surface area contributed by atoms with Crippen molar-refractivity contribution in [3.05, 3.63) is 222 Å². The lowest BCUT2D eigenvalue weighted by Crippen LogP contribution is -2.21. The van der Waals surface area contributed by atoms with Crippen LogP contribution >= 0.6 is 0 Å². The third kappa shape index (κ3) is 10.1. The minimum atomic E-state index is 0.580. The van der Waals surface area contributed by atoms with Gasteiger partial charge in [0.25, 0.3) is 0 Å². The van der Waals surface area contributed by atoms with Crippen LogP contribution in [0.1, 0.15) is 61.1 Å². The van der Waals surface area contributed by atoms with Crippen molar-refractivity contribution in [3.8, 4) is 11.1 Å². The second-order valence-electron chi connectivity index (χ2n) is 13.4. The first-order chi connectivity index (χ1) is 27.4. The van der Waals surface area contributed by atoms with Crippen LogP contribution < -0.4 is 4.90 Å². The van der Waals surface area contributed by atoms with Crippen molar-refractivity contribution in [2.75, 3.05) is 11.4 Å². The number of nitrogens with zero attached hydrogens (tertiary/aromatic N) is 3. The van der Waals surface area contributed by atoms with Crippen molar-refractivity contribution in [3.63, 3.8) is 0 Å². The number of amidine groups is 1. The molecule has 0 unspecified atom stereocenters. The molecule has 0 aliphatic rings. The molecule has 0 spiro atoms. The molecule has 0 atom stereocenters. The Labute approximate surface area is 335 Å². The van der Waals surface area contributed by atoms with Crippen molar-refractivity contribution in [2.45, 2.75) is 41.0 Å². The summed E-state index contributed by atoms with van der Waals surface area (Å²) in [7, 11) is 0. The van der Waals surface area contributed by atoms with Crippen molar-refractivity contribution in [2.24, 2.45) is 9.98 Å². The molecular formula is C53H53N3. The van der Waals surface area contributed by atoms with Crippen molar-refractivity contribution in [1.82, 2.24) is 0 Å². The largest absolute Gasteiger partial charge is 0.337 e. The van der Waals surface area contributed by atoms with Crippen LogP contribution in [-0.4, -0.2) is 19.1 Å². The van der Waals surface area contributed by atoms with Gasteiger partial charge in [0, 0.05) is 34.6 Å². The number of allylic oxidation sites excluding steroid dienone is 4.